The monoisotopic (exact) mass is 553 g/mol. The summed E-state index contributed by atoms with van der Waals surface area (Å²) in [6.45, 7) is 2.24. The molecule has 4 aromatic carbocycles. The largest absolute Gasteiger partial charge is 0.368 e. The maximum absolute atomic E-state index is 14.5. The third kappa shape index (κ3) is 5.73. The van der Waals surface area contributed by atoms with Gasteiger partial charge in [-0.15, -0.1) is 0 Å². The predicted molar refractivity (Wildman–Crippen MR) is 158 cm³/mol. The summed E-state index contributed by atoms with van der Waals surface area (Å²) in [6, 6.07) is 28.3. The lowest BCUT2D eigenvalue weighted by molar-refractivity contribution is -0.148. The van der Waals surface area contributed by atoms with Gasteiger partial charge in [-0.2, -0.15) is 0 Å². The van der Waals surface area contributed by atoms with E-state index in [1.165, 1.54) is 0 Å². The Balaban J connectivity index is 1.54. The van der Waals surface area contributed by atoms with E-state index in [9.17, 15) is 14.4 Å². The molecular weight excluding hydrogens is 522 g/mol. The number of benzene rings is 4. The first kappa shape index (κ1) is 27.4. The van der Waals surface area contributed by atoms with Gasteiger partial charge in [0.2, 0.25) is 11.8 Å². The Morgan fingerprint density at radius 3 is 2.40 bits per heavy atom. The topological polar surface area (TPSA) is 83.7 Å². The summed E-state index contributed by atoms with van der Waals surface area (Å²) >= 11 is 6.36. The average Bonchev–Trinajstić information content (AvgIpc) is 3.07. The van der Waals surface area contributed by atoms with Crippen LogP contribution < -0.4 is 5.73 Å². The van der Waals surface area contributed by atoms with Crippen molar-refractivity contribution in [2.45, 2.75) is 44.3 Å². The van der Waals surface area contributed by atoms with Crippen molar-refractivity contribution in [3.63, 3.8) is 0 Å². The van der Waals surface area contributed by atoms with Gasteiger partial charge in [0.05, 0.1) is 6.42 Å². The van der Waals surface area contributed by atoms with Crippen LogP contribution >= 0.6 is 11.6 Å². The second-order valence-electron chi connectivity index (χ2n) is 10.4. The summed E-state index contributed by atoms with van der Waals surface area (Å²) in [6.07, 6.45) is 0.935. The summed E-state index contributed by atoms with van der Waals surface area (Å²) < 4.78 is 0. The molecule has 0 radical (unpaired) electrons. The van der Waals surface area contributed by atoms with Crippen molar-refractivity contribution in [3.05, 3.63) is 119 Å². The molecule has 3 amide bonds. The zero-order chi connectivity index (χ0) is 28.2. The Morgan fingerprint density at radius 2 is 1.65 bits per heavy atom. The van der Waals surface area contributed by atoms with Gasteiger partial charge in [0.1, 0.15) is 12.1 Å². The molecule has 3 unspecified atom stereocenters. The Bertz CT molecular complexity index is 1540. The number of hydrogen-bond acceptors (Lipinski definition) is 3. The van der Waals surface area contributed by atoms with Crippen LogP contribution in [0.15, 0.2) is 97.1 Å². The second kappa shape index (κ2) is 11.9. The van der Waals surface area contributed by atoms with E-state index in [0.717, 1.165) is 21.9 Å². The first-order chi connectivity index (χ1) is 19.3. The molecule has 7 heteroatoms. The third-order valence-electron chi connectivity index (χ3n) is 7.71. The average molecular weight is 554 g/mol. The Kier molecular flexibility index (Phi) is 8.17. The maximum atomic E-state index is 14.5. The summed E-state index contributed by atoms with van der Waals surface area (Å²) in [5, 5.41) is 2.53. The number of amides is 3. The van der Waals surface area contributed by atoms with Crippen molar-refractivity contribution in [1.29, 1.82) is 0 Å². The number of rotatable bonds is 7. The lowest BCUT2D eigenvalue weighted by Gasteiger charge is -2.36. The maximum Gasteiger partial charge on any atom is 0.250 e. The molecule has 0 aliphatic carbocycles. The quantitative estimate of drug-likeness (QED) is 0.336. The smallest absolute Gasteiger partial charge is 0.250 e. The highest BCUT2D eigenvalue weighted by molar-refractivity contribution is 6.30. The van der Waals surface area contributed by atoms with Crippen molar-refractivity contribution in [2.24, 2.45) is 5.73 Å². The van der Waals surface area contributed by atoms with Gasteiger partial charge < -0.3 is 15.5 Å². The molecule has 3 atom stereocenters. The van der Waals surface area contributed by atoms with Gasteiger partial charge in [0.25, 0.3) is 5.91 Å². The van der Waals surface area contributed by atoms with Crippen LogP contribution in [0.3, 0.4) is 0 Å². The van der Waals surface area contributed by atoms with Gasteiger partial charge in [-0.1, -0.05) is 96.5 Å². The molecule has 0 aromatic heterocycles. The first-order valence-electron chi connectivity index (χ1n) is 13.5. The second-order valence-corrected chi connectivity index (χ2v) is 10.8. The fraction of sp³-hybridized carbons (Fsp3) is 0.242. The molecule has 5 rings (SSSR count). The van der Waals surface area contributed by atoms with E-state index >= 15 is 0 Å². The SMILES string of the molecule is CC1CCN(C(Cc2cccc3ccccc23)C(N)=O)C(=O)C(c2cccc(Cl)c2)N1C(=O)Cc1ccccc1. The molecule has 204 valence electrons. The van der Waals surface area contributed by atoms with E-state index in [4.69, 9.17) is 17.3 Å². The lowest BCUT2D eigenvalue weighted by Crippen LogP contribution is -2.52. The Morgan fingerprint density at radius 1 is 0.950 bits per heavy atom. The van der Waals surface area contributed by atoms with Crippen LogP contribution in [0.4, 0.5) is 0 Å². The highest BCUT2D eigenvalue weighted by Gasteiger charge is 2.43. The Hall–Kier alpha value is -4.16. The van der Waals surface area contributed by atoms with Crippen molar-refractivity contribution in [1.82, 2.24) is 9.80 Å². The van der Waals surface area contributed by atoms with Crippen molar-refractivity contribution >= 4 is 40.1 Å². The van der Waals surface area contributed by atoms with Crippen LogP contribution in [0, 0.1) is 0 Å². The van der Waals surface area contributed by atoms with Gasteiger partial charge in [-0.25, -0.2) is 0 Å². The van der Waals surface area contributed by atoms with E-state index < -0.39 is 18.0 Å². The normalized spacial score (nSPS) is 18.4. The van der Waals surface area contributed by atoms with Gasteiger partial charge >= 0.3 is 0 Å². The van der Waals surface area contributed by atoms with Crippen LogP contribution in [0.1, 0.15) is 36.1 Å². The molecule has 1 heterocycles. The van der Waals surface area contributed by atoms with E-state index in [2.05, 4.69) is 0 Å². The molecule has 40 heavy (non-hydrogen) atoms. The number of fused-ring (bicyclic) bond motifs is 1. The van der Waals surface area contributed by atoms with Crippen LogP contribution in [-0.4, -0.2) is 46.1 Å². The number of halogens is 1. The fourth-order valence-electron chi connectivity index (χ4n) is 5.69. The zero-order valence-electron chi connectivity index (χ0n) is 22.4. The minimum Gasteiger partial charge on any atom is -0.368 e. The summed E-state index contributed by atoms with van der Waals surface area (Å²) in [7, 11) is 0. The molecule has 0 spiro atoms. The van der Waals surface area contributed by atoms with E-state index in [0.29, 0.717) is 23.6 Å². The molecule has 1 saturated heterocycles. The molecular formula is C33H32ClN3O3. The van der Waals surface area contributed by atoms with Crippen LogP contribution in [0.2, 0.25) is 5.02 Å². The molecule has 2 N–H and O–H groups in total. The lowest BCUT2D eigenvalue weighted by atomic mass is 9.96. The number of primary amides is 1. The first-order valence-corrected chi connectivity index (χ1v) is 13.9. The standard InChI is InChI=1S/C33H32ClN3O3/c1-22-17-18-36(29(32(35)39)21-25-13-7-12-24-11-5-6-16-28(24)25)33(40)31(26-14-8-15-27(34)20-26)37(22)30(38)19-23-9-3-2-4-10-23/h2-16,20,22,29,31H,17-19,21H2,1H3,(H2,35,39). The molecule has 1 fully saturated rings. The molecule has 1 aliphatic rings. The van der Waals surface area contributed by atoms with E-state index in [1.807, 2.05) is 79.7 Å². The van der Waals surface area contributed by atoms with Crippen molar-refractivity contribution < 1.29 is 14.4 Å². The minimum atomic E-state index is -0.943. The Labute approximate surface area is 239 Å². The molecule has 4 aromatic rings. The fourth-order valence-corrected chi connectivity index (χ4v) is 5.89. The summed E-state index contributed by atoms with van der Waals surface area (Å²) in [5.41, 5.74) is 8.38. The van der Waals surface area contributed by atoms with Gasteiger partial charge in [0.15, 0.2) is 0 Å². The summed E-state index contributed by atoms with van der Waals surface area (Å²) in [4.78, 5) is 44.5. The summed E-state index contributed by atoms with van der Waals surface area (Å²) in [5.74, 6) is -1.08. The van der Waals surface area contributed by atoms with Crippen LogP contribution in [0.5, 0.6) is 0 Å². The molecule has 0 bridgehead atoms. The van der Waals surface area contributed by atoms with E-state index in [-0.39, 0.29) is 30.7 Å². The van der Waals surface area contributed by atoms with Gasteiger partial charge in [-0.05, 0) is 52.9 Å². The van der Waals surface area contributed by atoms with Gasteiger partial charge in [-0.3, -0.25) is 14.4 Å². The number of carbonyl (C=O) groups is 3. The highest BCUT2D eigenvalue weighted by Crippen LogP contribution is 2.33. The predicted octanol–water partition coefficient (Wildman–Crippen LogP) is 5.32. The molecule has 1 aliphatic heterocycles. The highest BCUT2D eigenvalue weighted by atomic mass is 35.5. The van der Waals surface area contributed by atoms with Crippen molar-refractivity contribution in [3.8, 4) is 0 Å². The van der Waals surface area contributed by atoms with Crippen LogP contribution in [0.25, 0.3) is 10.8 Å². The number of hydrogen-bond donors (Lipinski definition) is 1. The van der Waals surface area contributed by atoms with Gasteiger partial charge in [0, 0.05) is 24.0 Å². The van der Waals surface area contributed by atoms with Crippen molar-refractivity contribution in [2.75, 3.05) is 6.54 Å². The number of nitrogens with zero attached hydrogens (tertiary/aromatic N) is 2. The zero-order valence-corrected chi connectivity index (χ0v) is 23.1. The number of carbonyl (C=O) groups excluding carboxylic acids is 3. The molecule has 0 saturated carbocycles. The van der Waals surface area contributed by atoms with Crippen LogP contribution in [-0.2, 0) is 27.2 Å². The number of nitrogens with two attached hydrogens (primary N) is 1. The molecule has 6 nitrogen and oxygen atoms in total. The van der Waals surface area contributed by atoms with E-state index in [1.54, 1.807) is 34.1 Å². The third-order valence-corrected chi connectivity index (χ3v) is 7.94. The minimum absolute atomic E-state index is 0.158.